The number of carbonyl (C=O) groups is 1. The Balaban J connectivity index is 1.68. The second-order valence-electron chi connectivity index (χ2n) is 6.65. The summed E-state index contributed by atoms with van der Waals surface area (Å²) in [6.45, 7) is 5.04. The molecule has 1 aromatic heterocycles. The summed E-state index contributed by atoms with van der Waals surface area (Å²) >= 11 is 0. The molecule has 2 aromatic rings. The molecule has 3 atom stereocenters. The number of benzene rings is 1. The van der Waals surface area contributed by atoms with Gasteiger partial charge in [0.15, 0.2) is 6.17 Å². The van der Waals surface area contributed by atoms with Crippen molar-refractivity contribution in [1.29, 1.82) is 0 Å². The van der Waals surface area contributed by atoms with Gasteiger partial charge in [-0.05, 0) is 43.0 Å². The largest absolute Gasteiger partial charge is 0.462 e. The molecule has 4 nitrogen and oxygen atoms in total. The Hall–Kier alpha value is -2.23. The molecule has 1 aliphatic carbocycles. The number of hydrogen-bond acceptors (Lipinski definition) is 3. The number of rotatable bonds is 4. The van der Waals surface area contributed by atoms with E-state index in [1.807, 2.05) is 35.2 Å². The lowest BCUT2D eigenvalue weighted by Crippen LogP contribution is -2.43. The van der Waals surface area contributed by atoms with Crippen LogP contribution in [-0.4, -0.2) is 17.4 Å². The van der Waals surface area contributed by atoms with Crippen molar-refractivity contribution in [2.75, 3.05) is 11.9 Å². The van der Waals surface area contributed by atoms with E-state index in [0.29, 0.717) is 18.4 Å². The van der Waals surface area contributed by atoms with E-state index in [2.05, 4.69) is 25.2 Å². The van der Waals surface area contributed by atoms with Crippen molar-refractivity contribution in [1.82, 2.24) is 4.90 Å². The third-order valence-corrected chi connectivity index (χ3v) is 4.88. The molecule has 1 fully saturated rings. The molecule has 2 heterocycles. The summed E-state index contributed by atoms with van der Waals surface area (Å²) in [7, 11) is 0. The predicted octanol–water partition coefficient (Wildman–Crippen LogP) is 4.38. The monoisotopic (exact) mass is 310 g/mol. The first kappa shape index (κ1) is 14.4. The summed E-state index contributed by atoms with van der Waals surface area (Å²) in [5.41, 5.74) is 1.62. The maximum absolute atomic E-state index is 12.8. The van der Waals surface area contributed by atoms with E-state index in [1.54, 1.807) is 0 Å². The normalized spacial score (nSPS) is 25.9. The van der Waals surface area contributed by atoms with E-state index >= 15 is 0 Å². The van der Waals surface area contributed by atoms with Crippen LogP contribution < -0.4 is 5.32 Å². The fourth-order valence-corrected chi connectivity index (χ4v) is 3.42. The lowest BCUT2D eigenvalue weighted by atomic mass is 10.1. The van der Waals surface area contributed by atoms with Crippen LogP contribution in [-0.2, 0) is 0 Å². The maximum Gasteiger partial charge on any atom is 0.257 e. The van der Waals surface area contributed by atoms with E-state index in [0.717, 1.165) is 29.2 Å². The highest BCUT2D eigenvalue weighted by Crippen LogP contribution is 2.48. The van der Waals surface area contributed by atoms with Gasteiger partial charge >= 0.3 is 0 Å². The minimum Gasteiger partial charge on any atom is -0.462 e. The second kappa shape index (κ2) is 5.44. The third kappa shape index (κ3) is 2.42. The van der Waals surface area contributed by atoms with Crippen molar-refractivity contribution in [3.8, 4) is 0 Å². The van der Waals surface area contributed by atoms with Crippen molar-refractivity contribution in [3.63, 3.8) is 0 Å². The minimum absolute atomic E-state index is 0.0731. The van der Waals surface area contributed by atoms with Gasteiger partial charge in [0.25, 0.3) is 5.91 Å². The Bertz CT molecular complexity index is 736. The lowest BCUT2D eigenvalue weighted by molar-refractivity contribution is 0.0662. The average Bonchev–Trinajstić information content (AvgIpc) is 3.10. The summed E-state index contributed by atoms with van der Waals surface area (Å²) in [6, 6.07) is 11.8. The van der Waals surface area contributed by atoms with E-state index in [9.17, 15) is 4.79 Å². The van der Waals surface area contributed by atoms with Crippen LogP contribution in [0.2, 0.25) is 0 Å². The van der Waals surface area contributed by atoms with E-state index in [1.165, 1.54) is 6.42 Å². The molecule has 23 heavy (non-hydrogen) atoms. The van der Waals surface area contributed by atoms with E-state index in [-0.39, 0.29) is 12.1 Å². The average molecular weight is 310 g/mol. The Morgan fingerprint density at radius 1 is 1.22 bits per heavy atom. The molecular formula is C19H22N2O2. The lowest BCUT2D eigenvalue weighted by Gasteiger charge is -2.36. The Labute approximate surface area is 136 Å². The second-order valence-corrected chi connectivity index (χ2v) is 6.65. The summed E-state index contributed by atoms with van der Waals surface area (Å²) in [4.78, 5) is 14.7. The molecule has 1 amide bonds. The minimum atomic E-state index is -0.222. The molecular weight excluding hydrogens is 288 g/mol. The smallest absolute Gasteiger partial charge is 0.257 e. The first-order valence-electron chi connectivity index (χ1n) is 8.45. The van der Waals surface area contributed by atoms with Crippen LogP contribution >= 0.6 is 0 Å². The van der Waals surface area contributed by atoms with Gasteiger partial charge in [-0.3, -0.25) is 4.79 Å². The summed E-state index contributed by atoms with van der Waals surface area (Å²) < 4.78 is 6.10. The Morgan fingerprint density at radius 2 is 1.96 bits per heavy atom. The summed E-state index contributed by atoms with van der Waals surface area (Å²) in [6.07, 6.45) is 1.89. The van der Waals surface area contributed by atoms with Gasteiger partial charge in [0, 0.05) is 18.2 Å². The highest BCUT2D eigenvalue weighted by Gasteiger charge is 2.38. The zero-order chi connectivity index (χ0) is 16.0. The van der Waals surface area contributed by atoms with Gasteiger partial charge in [-0.25, -0.2) is 0 Å². The Morgan fingerprint density at radius 3 is 2.70 bits per heavy atom. The van der Waals surface area contributed by atoms with Gasteiger partial charge < -0.3 is 14.6 Å². The van der Waals surface area contributed by atoms with Crippen LogP contribution in [0.25, 0.3) is 0 Å². The molecule has 0 spiro atoms. The number of hydrogen-bond donors (Lipinski definition) is 1. The molecule has 120 valence electrons. The molecule has 1 aliphatic heterocycles. The number of amides is 1. The summed E-state index contributed by atoms with van der Waals surface area (Å²) in [5.74, 6) is 3.22. The van der Waals surface area contributed by atoms with E-state index in [4.69, 9.17) is 4.42 Å². The van der Waals surface area contributed by atoms with Crippen LogP contribution in [0.5, 0.6) is 0 Å². The van der Waals surface area contributed by atoms with E-state index < -0.39 is 0 Å². The van der Waals surface area contributed by atoms with Crippen molar-refractivity contribution in [2.45, 2.75) is 38.8 Å². The number of anilines is 1. The number of carbonyl (C=O) groups excluding carboxylic acids is 1. The SMILES string of the molecule is CCCN1C(=O)c2ccccc2N[C@@H]1c1ccc([C@@H]2C[C@H]2C)o1. The van der Waals surface area contributed by atoms with Crippen molar-refractivity contribution in [2.24, 2.45) is 5.92 Å². The molecule has 0 radical (unpaired) electrons. The van der Waals surface area contributed by atoms with Crippen LogP contribution in [0.4, 0.5) is 5.69 Å². The topological polar surface area (TPSA) is 45.5 Å². The Kier molecular flexibility index (Phi) is 3.40. The van der Waals surface area contributed by atoms with Crippen LogP contribution in [0.15, 0.2) is 40.8 Å². The van der Waals surface area contributed by atoms with Crippen molar-refractivity contribution >= 4 is 11.6 Å². The molecule has 0 unspecified atom stereocenters. The van der Waals surface area contributed by atoms with Gasteiger partial charge in [0.05, 0.1) is 5.56 Å². The highest BCUT2D eigenvalue weighted by atomic mass is 16.3. The van der Waals surface area contributed by atoms with Gasteiger partial charge in [-0.2, -0.15) is 0 Å². The molecule has 1 N–H and O–H groups in total. The van der Waals surface area contributed by atoms with Crippen molar-refractivity contribution < 1.29 is 9.21 Å². The molecule has 0 bridgehead atoms. The molecule has 4 rings (SSSR count). The van der Waals surface area contributed by atoms with Gasteiger partial charge in [-0.15, -0.1) is 0 Å². The van der Waals surface area contributed by atoms with Crippen molar-refractivity contribution in [3.05, 3.63) is 53.5 Å². The fraction of sp³-hybridized carbons (Fsp3) is 0.421. The first-order valence-corrected chi connectivity index (χ1v) is 8.45. The van der Waals surface area contributed by atoms with Gasteiger partial charge in [0.1, 0.15) is 11.5 Å². The molecule has 2 aliphatic rings. The van der Waals surface area contributed by atoms with Crippen LogP contribution in [0.1, 0.15) is 60.7 Å². The molecule has 4 heteroatoms. The number of furan rings is 1. The molecule has 0 saturated heterocycles. The quantitative estimate of drug-likeness (QED) is 0.911. The predicted molar refractivity (Wildman–Crippen MR) is 89.4 cm³/mol. The van der Waals surface area contributed by atoms with Gasteiger partial charge in [0.2, 0.25) is 0 Å². The number of nitrogens with zero attached hydrogens (tertiary/aromatic N) is 1. The third-order valence-electron chi connectivity index (χ3n) is 4.88. The standard InChI is InChI=1S/C19H22N2O2/c1-3-10-21-18(17-9-8-16(23-17)14-11-12(14)2)20-15-7-5-4-6-13(15)19(21)22/h4-9,12,14,18,20H,3,10-11H2,1-2H3/t12-,14-,18+/m1/s1. The zero-order valence-corrected chi connectivity index (χ0v) is 13.6. The van der Waals surface area contributed by atoms with Crippen LogP contribution in [0.3, 0.4) is 0 Å². The maximum atomic E-state index is 12.8. The molecule has 1 aromatic carbocycles. The fourth-order valence-electron chi connectivity index (χ4n) is 3.42. The highest BCUT2D eigenvalue weighted by molar-refractivity contribution is 6.01. The summed E-state index contributed by atoms with van der Waals surface area (Å²) in [5, 5.41) is 3.47. The van der Waals surface area contributed by atoms with Gasteiger partial charge in [-0.1, -0.05) is 26.0 Å². The number of para-hydroxylation sites is 1. The number of fused-ring (bicyclic) bond motifs is 1. The zero-order valence-electron chi connectivity index (χ0n) is 13.6. The first-order chi connectivity index (χ1) is 11.2. The number of nitrogens with one attached hydrogen (secondary N) is 1. The molecule has 1 saturated carbocycles. The van der Waals surface area contributed by atoms with Crippen LogP contribution in [0, 0.1) is 5.92 Å².